The Bertz CT molecular complexity index is 679. The minimum atomic E-state index is -0.289. The summed E-state index contributed by atoms with van der Waals surface area (Å²) in [5.41, 5.74) is 1.05. The van der Waals surface area contributed by atoms with E-state index in [4.69, 9.17) is 4.74 Å². The van der Waals surface area contributed by atoms with Crippen LogP contribution in [0.1, 0.15) is 24.4 Å². The molecule has 0 bridgehead atoms. The number of carbonyl (C=O) groups excluding carboxylic acids is 1. The molecule has 1 unspecified atom stereocenters. The fraction of sp³-hybridized carbons (Fsp3) is 0.368. The Kier molecular flexibility index (Phi) is 5.95. The number of benzene rings is 1. The van der Waals surface area contributed by atoms with Crippen molar-refractivity contribution in [3.8, 4) is 5.75 Å². The molecule has 1 atom stereocenters. The third-order valence-corrected chi connectivity index (χ3v) is 4.25. The quantitative estimate of drug-likeness (QED) is 0.819. The van der Waals surface area contributed by atoms with Gasteiger partial charge in [0.1, 0.15) is 11.6 Å². The van der Waals surface area contributed by atoms with Crippen molar-refractivity contribution in [2.45, 2.75) is 18.9 Å². The first-order valence-corrected chi connectivity index (χ1v) is 8.52. The van der Waals surface area contributed by atoms with E-state index in [2.05, 4.69) is 10.3 Å². The van der Waals surface area contributed by atoms with Crippen LogP contribution < -0.4 is 10.1 Å². The van der Waals surface area contributed by atoms with E-state index in [1.54, 1.807) is 18.3 Å². The van der Waals surface area contributed by atoms with E-state index in [0.717, 1.165) is 18.7 Å². The summed E-state index contributed by atoms with van der Waals surface area (Å²) in [6.07, 6.45) is 4.60. The van der Waals surface area contributed by atoms with Gasteiger partial charge in [0.25, 0.3) is 0 Å². The Morgan fingerprint density at radius 2 is 2.16 bits per heavy atom. The molecular formula is C19H22FN3O2. The second-order valence-corrected chi connectivity index (χ2v) is 6.00. The first-order valence-electron chi connectivity index (χ1n) is 8.52. The maximum atomic E-state index is 12.8. The summed E-state index contributed by atoms with van der Waals surface area (Å²) in [5.74, 6) is 0.449. The average molecular weight is 343 g/mol. The van der Waals surface area contributed by atoms with Crippen molar-refractivity contribution >= 4 is 5.91 Å². The van der Waals surface area contributed by atoms with Crippen molar-refractivity contribution in [1.82, 2.24) is 15.2 Å². The molecule has 1 N–H and O–H groups in total. The van der Waals surface area contributed by atoms with Gasteiger partial charge in [-0.25, -0.2) is 4.39 Å². The maximum absolute atomic E-state index is 12.8. The minimum Gasteiger partial charge on any atom is -0.494 e. The lowest BCUT2D eigenvalue weighted by Gasteiger charge is -2.36. The summed E-state index contributed by atoms with van der Waals surface area (Å²) in [6, 6.07) is 9.82. The lowest BCUT2D eigenvalue weighted by Crippen LogP contribution is -2.48. The van der Waals surface area contributed by atoms with Crippen LogP contribution >= 0.6 is 0 Å². The molecule has 1 saturated heterocycles. The zero-order valence-corrected chi connectivity index (χ0v) is 14.0. The van der Waals surface area contributed by atoms with Crippen LogP contribution in [0.4, 0.5) is 4.39 Å². The van der Waals surface area contributed by atoms with Gasteiger partial charge in [-0.05, 0) is 42.3 Å². The highest BCUT2D eigenvalue weighted by molar-refractivity contribution is 5.76. The molecule has 1 fully saturated rings. The van der Waals surface area contributed by atoms with Crippen molar-refractivity contribution in [1.29, 1.82) is 0 Å². The molecule has 132 valence electrons. The molecule has 1 aliphatic heterocycles. The van der Waals surface area contributed by atoms with E-state index in [1.807, 2.05) is 23.2 Å². The number of amides is 1. The molecule has 25 heavy (non-hydrogen) atoms. The zero-order valence-electron chi connectivity index (χ0n) is 14.0. The zero-order chi connectivity index (χ0) is 17.5. The Hall–Kier alpha value is -2.47. The van der Waals surface area contributed by atoms with E-state index in [-0.39, 0.29) is 17.8 Å². The van der Waals surface area contributed by atoms with Crippen LogP contribution in [-0.2, 0) is 4.79 Å². The summed E-state index contributed by atoms with van der Waals surface area (Å²) >= 11 is 0. The van der Waals surface area contributed by atoms with Crippen molar-refractivity contribution in [3.05, 3.63) is 60.2 Å². The monoisotopic (exact) mass is 343 g/mol. The van der Waals surface area contributed by atoms with Gasteiger partial charge in [-0.3, -0.25) is 9.78 Å². The smallest absolute Gasteiger partial charge is 0.223 e. The molecule has 6 heteroatoms. The Morgan fingerprint density at radius 1 is 1.32 bits per heavy atom. The van der Waals surface area contributed by atoms with Gasteiger partial charge in [0.15, 0.2) is 0 Å². The van der Waals surface area contributed by atoms with Gasteiger partial charge in [-0.2, -0.15) is 0 Å². The van der Waals surface area contributed by atoms with E-state index in [1.165, 1.54) is 12.1 Å². The van der Waals surface area contributed by atoms with Crippen LogP contribution in [0.25, 0.3) is 0 Å². The SMILES string of the molecule is O=C(CCCOc1ccc(F)cc1)N1CCNCC1c1cccnc1. The number of piperazine rings is 1. The van der Waals surface area contributed by atoms with Gasteiger partial charge in [-0.15, -0.1) is 0 Å². The van der Waals surface area contributed by atoms with Gasteiger partial charge in [-0.1, -0.05) is 6.07 Å². The fourth-order valence-electron chi connectivity index (χ4n) is 2.96. The highest BCUT2D eigenvalue weighted by atomic mass is 19.1. The number of hydrogen-bond donors (Lipinski definition) is 1. The summed E-state index contributed by atoms with van der Waals surface area (Å²) in [6.45, 7) is 2.66. The molecule has 2 heterocycles. The molecule has 0 saturated carbocycles. The molecule has 1 amide bonds. The normalized spacial score (nSPS) is 17.3. The average Bonchev–Trinajstić information content (AvgIpc) is 2.67. The Balaban J connectivity index is 1.50. The molecule has 1 aromatic heterocycles. The standard InChI is InChI=1S/C19H22FN3O2/c20-16-5-7-17(8-6-16)25-12-2-4-19(24)23-11-10-22-14-18(23)15-3-1-9-21-13-15/h1,3,5-9,13,18,22H,2,4,10-12,14H2. The van der Waals surface area contributed by atoms with Crippen LogP contribution in [0, 0.1) is 5.82 Å². The number of pyridine rings is 1. The minimum absolute atomic E-state index is 0.0213. The summed E-state index contributed by atoms with van der Waals surface area (Å²) < 4.78 is 18.4. The van der Waals surface area contributed by atoms with E-state index in [9.17, 15) is 9.18 Å². The summed E-state index contributed by atoms with van der Waals surface area (Å²) in [5, 5.41) is 3.33. The molecule has 0 radical (unpaired) electrons. The highest BCUT2D eigenvalue weighted by Gasteiger charge is 2.27. The van der Waals surface area contributed by atoms with Crippen molar-refractivity contribution < 1.29 is 13.9 Å². The van der Waals surface area contributed by atoms with Crippen LogP contribution in [0.3, 0.4) is 0 Å². The first-order chi connectivity index (χ1) is 12.2. The van der Waals surface area contributed by atoms with Crippen molar-refractivity contribution in [2.24, 2.45) is 0 Å². The third kappa shape index (κ3) is 4.76. The number of rotatable bonds is 6. The fourth-order valence-corrected chi connectivity index (χ4v) is 2.96. The molecule has 2 aromatic rings. The first kappa shape index (κ1) is 17.4. The van der Waals surface area contributed by atoms with Crippen LogP contribution in [0.5, 0.6) is 5.75 Å². The molecule has 5 nitrogen and oxygen atoms in total. The molecule has 0 spiro atoms. The van der Waals surface area contributed by atoms with Crippen LogP contribution in [0.2, 0.25) is 0 Å². The molecular weight excluding hydrogens is 321 g/mol. The molecule has 0 aliphatic carbocycles. The summed E-state index contributed by atoms with van der Waals surface area (Å²) in [4.78, 5) is 18.7. The van der Waals surface area contributed by atoms with Crippen molar-refractivity contribution in [2.75, 3.05) is 26.2 Å². The summed E-state index contributed by atoms with van der Waals surface area (Å²) in [7, 11) is 0. The van der Waals surface area contributed by atoms with Gasteiger partial charge in [0.2, 0.25) is 5.91 Å². The number of aromatic nitrogens is 1. The van der Waals surface area contributed by atoms with Gasteiger partial charge in [0.05, 0.1) is 12.6 Å². The Labute approximate surface area is 146 Å². The number of ether oxygens (including phenoxy) is 1. The number of halogens is 1. The van der Waals surface area contributed by atoms with Crippen LogP contribution in [-0.4, -0.2) is 42.0 Å². The predicted molar refractivity (Wildman–Crippen MR) is 92.7 cm³/mol. The van der Waals surface area contributed by atoms with Gasteiger partial charge >= 0.3 is 0 Å². The predicted octanol–water partition coefficient (Wildman–Crippen LogP) is 2.55. The number of nitrogens with zero attached hydrogens (tertiary/aromatic N) is 2. The highest BCUT2D eigenvalue weighted by Crippen LogP contribution is 2.22. The topological polar surface area (TPSA) is 54.5 Å². The lowest BCUT2D eigenvalue weighted by molar-refractivity contribution is -0.134. The molecule has 1 aromatic carbocycles. The van der Waals surface area contributed by atoms with Gasteiger partial charge < -0.3 is 15.0 Å². The van der Waals surface area contributed by atoms with Crippen molar-refractivity contribution in [3.63, 3.8) is 0 Å². The molecule has 1 aliphatic rings. The van der Waals surface area contributed by atoms with E-state index < -0.39 is 0 Å². The number of hydrogen-bond acceptors (Lipinski definition) is 4. The Morgan fingerprint density at radius 3 is 2.92 bits per heavy atom. The lowest BCUT2D eigenvalue weighted by atomic mass is 10.0. The van der Waals surface area contributed by atoms with Crippen LogP contribution in [0.15, 0.2) is 48.8 Å². The van der Waals surface area contributed by atoms with E-state index >= 15 is 0 Å². The molecule has 3 rings (SSSR count). The second-order valence-electron chi connectivity index (χ2n) is 6.00. The largest absolute Gasteiger partial charge is 0.494 e. The maximum Gasteiger partial charge on any atom is 0.223 e. The van der Waals surface area contributed by atoms with Gasteiger partial charge in [0, 0.05) is 38.4 Å². The number of nitrogens with one attached hydrogen (secondary N) is 1. The number of carbonyl (C=O) groups is 1. The third-order valence-electron chi connectivity index (χ3n) is 4.25. The van der Waals surface area contributed by atoms with E-state index in [0.29, 0.717) is 31.7 Å². The second kappa shape index (κ2) is 8.58.